The van der Waals surface area contributed by atoms with Crippen molar-refractivity contribution in [2.45, 2.75) is 13.8 Å². The second-order valence-corrected chi connectivity index (χ2v) is 8.24. The van der Waals surface area contributed by atoms with Gasteiger partial charge in [-0.15, -0.1) is 0 Å². The molecule has 0 heterocycles. The Morgan fingerprint density at radius 1 is 0.722 bits per heavy atom. The lowest BCUT2D eigenvalue weighted by atomic mass is 10.0. The molecule has 0 radical (unpaired) electrons. The minimum atomic E-state index is 1.15. The Hall–Kier alpha value is 0.860. The summed E-state index contributed by atoms with van der Waals surface area (Å²) in [5.74, 6) is 0. The minimum absolute atomic E-state index is 1.15. The Morgan fingerprint density at radius 3 is 1.33 bits per heavy atom. The van der Waals surface area contributed by atoms with Crippen LogP contribution in [0.2, 0.25) is 0 Å². The molecule has 18 heavy (non-hydrogen) atoms. The maximum Gasteiger partial charge on any atom is 0.0267 e. The Bertz CT molecular complexity index is 520. The van der Waals surface area contributed by atoms with Crippen LogP contribution in [0.25, 0.3) is 11.1 Å². The standard InChI is InChI=1S/C14H10Br2I2/c1-7-3-9(15)13(11(17)5-7)14-10(16)4-8(2)6-12(14)18/h3-6H,1-2H3. The van der Waals surface area contributed by atoms with Gasteiger partial charge in [0.05, 0.1) is 0 Å². The van der Waals surface area contributed by atoms with Crippen molar-refractivity contribution in [3.63, 3.8) is 0 Å². The molecule has 0 unspecified atom stereocenters. The molecule has 2 aromatic rings. The Balaban J connectivity index is 2.78. The molecule has 0 fully saturated rings. The molecule has 0 spiro atoms. The summed E-state index contributed by atoms with van der Waals surface area (Å²) in [5.41, 5.74) is 5.07. The number of aryl methyl sites for hydroxylation is 2. The molecule has 2 aromatic carbocycles. The summed E-state index contributed by atoms with van der Waals surface area (Å²) in [7, 11) is 0. The van der Waals surface area contributed by atoms with Crippen molar-refractivity contribution in [3.8, 4) is 11.1 Å². The van der Waals surface area contributed by atoms with Crippen molar-refractivity contribution in [2.75, 3.05) is 0 Å². The number of rotatable bonds is 1. The van der Waals surface area contributed by atoms with Crippen LogP contribution in [-0.2, 0) is 0 Å². The SMILES string of the molecule is Cc1cc(Br)c(-c2c(Br)cc(C)cc2I)c(I)c1. The van der Waals surface area contributed by atoms with E-state index in [0.717, 1.165) is 8.95 Å². The quantitative estimate of drug-likeness (QED) is 0.324. The third kappa shape index (κ3) is 3.12. The van der Waals surface area contributed by atoms with Crippen LogP contribution in [0.1, 0.15) is 11.1 Å². The van der Waals surface area contributed by atoms with Crippen molar-refractivity contribution in [1.29, 1.82) is 0 Å². The predicted octanol–water partition coefficient (Wildman–Crippen LogP) is 6.70. The van der Waals surface area contributed by atoms with Gasteiger partial charge >= 0.3 is 0 Å². The molecule has 0 amide bonds. The normalized spacial score (nSPS) is 10.8. The fourth-order valence-electron chi connectivity index (χ4n) is 1.88. The zero-order chi connectivity index (χ0) is 13.4. The lowest BCUT2D eigenvalue weighted by Gasteiger charge is -2.14. The minimum Gasteiger partial charge on any atom is -0.0501 e. The van der Waals surface area contributed by atoms with Gasteiger partial charge in [0.1, 0.15) is 0 Å². The number of halogens is 4. The van der Waals surface area contributed by atoms with Crippen LogP contribution in [0, 0.1) is 21.0 Å². The van der Waals surface area contributed by atoms with Crippen molar-refractivity contribution in [2.24, 2.45) is 0 Å². The van der Waals surface area contributed by atoms with E-state index in [0.29, 0.717) is 0 Å². The summed E-state index contributed by atoms with van der Waals surface area (Å²) in [6.45, 7) is 4.23. The molecule has 0 aliphatic heterocycles. The van der Waals surface area contributed by atoms with Crippen molar-refractivity contribution < 1.29 is 0 Å². The van der Waals surface area contributed by atoms with E-state index in [1.807, 2.05) is 0 Å². The van der Waals surface area contributed by atoms with Crippen LogP contribution < -0.4 is 0 Å². The first kappa shape index (κ1) is 15.3. The fraction of sp³-hybridized carbons (Fsp3) is 0.143. The van der Waals surface area contributed by atoms with Crippen molar-refractivity contribution >= 4 is 77.0 Å². The van der Waals surface area contributed by atoms with E-state index in [-0.39, 0.29) is 0 Å². The highest BCUT2D eigenvalue weighted by Crippen LogP contribution is 2.40. The van der Waals surface area contributed by atoms with Gasteiger partial charge in [0.15, 0.2) is 0 Å². The molecule has 0 aliphatic carbocycles. The molecule has 0 bridgehead atoms. The van der Waals surface area contributed by atoms with E-state index in [9.17, 15) is 0 Å². The van der Waals surface area contributed by atoms with Crippen LogP contribution in [0.3, 0.4) is 0 Å². The Labute approximate surface area is 151 Å². The van der Waals surface area contributed by atoms with Crippen LogP contribution in [-0.4, -0.2) is 0 Å². The molecule has 0 saturated carbocycles. The van der Waals surface area contributed by atoms with Crippen LogP contribution in [0.15, 0.2) is 33.2 Å². The predicted molar refractivity (Wildman–Crippen MR) is 102 cm³/mol. The van der Waals surface area contributed by atoms with Crippen LogP contribution in [0.4, 0.5) is 0 Å². The zero-order valence-electron chi connectivity index (χ0n) is 9.82. The topological polar surface area (TPSA) is 0 Å². The second-order valence-electron chi connectivity index (χ2n) is 4.21. The van der Waals surface area contributed by atoms with E-state index in [2.05, 4.69) is 115 Å². The molecule has 0 saturated heterocycles. The highest BCUT2D eigenvalue weighted by Gasteiger charge is 2.15. The van der Waals surface area contributed by atoms with Crippen molar-refractivity contribution in [3.05, 3.63) is 51.5 Å². The average molecular weight is 592 g/mol. The first-order valence-electron chi connectivity index (χ1n) is 5.32. The lowest BCUT2D eigenvalue weighted by Crippen LogP contribution is -1.92. The Morgan fingerprint density at radius 2 is 1.06 bits per heavy atom. The fourth-order valence-corrected chi connectivity index (χ4v) is 6.27. The van der Waals surface area contributed by atoms with Gasteiger partial charge in [-0.05, 0) is 94.4 Å². The summed E-state index contributed by atoms with van der Waals surface area (Å²) in [5, 5.41) is 0. The summed E-state index contributed by atoms with van der Waals surface area (Å²) >= 11 is 12.2. The summed E-state index contributed by atoms with van der Waals surface area (Å²) < 4.78 is 4.83. The Kier molecular flexibility index (Phi) is 5.17. The van der Waals surface area contributed by atoms with E-state index in [1.54, 1.807) is 0 Å². The summed E-state index contributed by atoms with van der Waals surface area (Å²) in [6, 6.07) is 8.76. The summed E-state index contributed by atoms with van der Waals surface area (Å²) in [4.78, 5) is 0. The molecular weight excluding hydrogens is 582 g/mol. The van der Waals surface area contributed by atoms with Gasteiger partial charge in [-0.2, -0.15) is 0 Å². The molecule has 0 N–H and O–H groups in total. The molecule has 0 aliphatic rings. The molecule has 0 aromatic heterocycles. The molecule has 4 heteroatoms. The van der Waals surface area contributed by atoms with E-state index in [4.69, 9.17) is 0 Å². The zero-order valence-corrected chi connectivity index (χ0v) is 17.3. The number of hydrogen-bond acceptors (Lipinski definition) is 0. The monoisotopic (exact) mass is 590 g/mol. The second kappa shape index (κ2) is 6.10. The van der Waals surface area contributed by atoms with Crippen LogP contribution >= 0.6 is 77.0 Å². The first-order valence-corrected chi connectivity index (χ1v) is 9.06. The molecule has 2 rings (SSSR count). The molecule has 0 atom stereocenters. The maximum absolute atomic E-state index is 3.69. The van der Waals surface area contributed by atoms with Gasteiger partial charge in [-0.25, -0.2) is 0 Å². The van der Waals surface area contributed by atoms with Gasteiger partial charge in [0, 0.05) is 27.2 Å². The number of benzene rings is 2. The van der Waals surface area contributed by atoms with Gasteiger partial charge < -0.3 is 0 Å². The van der Waals surface area contributed by atoms with Crippen molar-refractivity contribution in [1.82, 2.24) is 0 Å². The van der Waals surface area contributed by atoms with E-state index >= 15 is 0 Å². The highest BCUT2D eigenvalue weighted by atomic mass is 127. The highest BCUT2D eigenvalue weighted by molar-refractivity contribution is 14.1. The summed E-state index contributed by atoms with van der Waals surface area (Å²) in [6.07, 6.45) is 0. The van der Waals surface area contributed by atoms with Gasteiger partial charge in [-0.3, -0.25) is 0 Å². The molecule has 94 valence electrons. The molecule has 0 nitrogen and oxygen atoms in total. The first-order chi connectivity index (χ1) is 8.40. The van der Waals surface area contributed by atoms with E-state index in [1.165, 1.54) is 29.4 Å². The third-order valence-electron chi connectivity index (χ3n) is 2.62. The van der Waals surface area contributed by atoms with Gasteiger partial charge in [0.25, 0.3) is 0 Å². The smallest absolute Gasteiger partial charge is 0.0267 e. The lowest BCUT2D eigenvalue weighted by molar-refractivity contribution is 1.38. The van der Waals surface area contributed by atoms with Crippen LogP contribution in [0.5, 0.6) is 0 Å². The number of hydrogen-bond donors (Lipinski definition) is 0. The maximum atomic E-state index is 3.69. The largest absolute Gasteiger partial charge is 0.0501 e. The van der Waals surface area contributed by atoms with Gasteiger partial charge in [-0.1, -0.05) is 31.9 Å². The average Bonchev–Trinajstić information content (AvgIpc) is 2.20. The van der Waals surface area contributed by atoms with E-state index < -0.39 is 0 Å². The molecular formula is C14H10Br2I2. The third-order valence-corrected chi connectivity index (χ3v) is 5.58. The van der Waals surface area contributed by atoms with Gasteiger partial charge in [0.2, 0.25) is 0 Å².